The van der Waals surface area contributed by atoms with Crippen molar-refractivity contribution in [1.82, 2.24) is 0 Å². The summed E-state index contributed by atoms with van der Waals surface area (Å²) in [6.45, 7) is 0. The average molecular weight is 700 g/mol. The molecule has 0 saturated carbocycles. The van der Waals surface area contributed by atoms with Crippen molar-refractivity contribution in [3.63, 3.8) is 0 Å². The van der Waals surface area contributed by atoms with Gasteiger partial charge >= 0.3 is 0 Å². The summed E-state index contributed by atoms with van der Waals surface area (Å²) in [5.41, 5.74) is 16.2. The maximum absolute atomic E-state index is 4.00. The standard InChI is InChI=1S/C49H33NS2/c1-4-10-32(11-5-1)37-20-24-41-43(31-37)50-49-40-23-22-39(47-29-28-45(52-47)34-14-8-3-9-15-34)30-38(40)21-25-42(49)48(41)36-18-16-35(17-19-36)46-27-26-44(51-46)33-12-6-2-7-13-33/h1-31,49-50H. The van der Waals surface area contributed by atoms with Crippen LogP contribution in [0.2, 0.25) is 0 Å². The summed E-state index contributed by atoms with van der Waals surface area (Å²) in [6.07, 6.45) is 4.66. The zero-order valence-electron chi connectivity index (χ0n) is 28.3. The predicted molar refractivity (Wildman–Crippen MR) is 224 cm³/mol. The molecule has 3 heteroatoms. The Balaban J connectivity index is 1.04. The molecule has 1 unspecified atom stereocenters. The molecule has 1 nitrogen and oxygen atoms in total. The van der Waals surface area contributed by atoms with Gasteiger partial charge in [-0.15, -0.1) is 22.7 Å². The first-order chi connectivity index (χ1) is 25.7. The van der Waals surface area contributed by atoms with Gasteiger partial charge < -0.3 is 5.32 Å². The molecule has 0 spiro atoms. The highest BCUT2D eigenvalue weighted by Crippen LogP contribution is 2.49. The van der Waals surface area contributed by atoms with Crippen LogP contribution in [0.1, 0.15) is 28.3 Å². The molecule has 1 aliphatic carbocycles. The van der Waals surface area contributed by atoms with Crippen molar-refractivity contribution in [1.29, 1.82) is 0 Å². The second-order valence-electron chi connectivity index (χ2n) is 13.3. The molecule has 0 fully saturated rings. The smallest absolute Gasteiger partial charge is 0.0779 e. The molecule has 0 amide bonds. The summed E-state index contributed by atoms with van der Waals surface area (Å²) in [4.78, 5) is 5.15. The lowest BCUT2D eigenvalue weighted by molar-refractivity contribution is 0.917. The number of hydrogen-bond acceptors (Lipinski definition) is 3. The number of hydrogen-bond donors (Lipinski definition) is 1. The van der Waals surface area contributed by atoms with Gasteiger partial charge in [-0.1, -0.05) is 152 Å². The van der Waals surface area contributed by atoms with Gasteiger partial charge in [0, 0.05) is 30.8 Å². The summed E-state index contributed by atoms with van der Waals surface area (Å²) in [6, 6.07) is 64.1. The van der Waals surface area contributed by atoms with Crippen molar-refractivity contribution in [2.45, 2.75) is 6.04 Å². The Morgan fingerprint density at radius 2 is 0.885 bits per heavy atom. The lowest BCUT2D eigenvalue weighted by atomic mass is 9.78. The second kappa shape index (κ2) is 13.0. The highest BCUT2D eigenvalue weighted by molar-refractivity contribution is 7.19. The van der Waals surface area contributed by atoms with Crippen LogP contribution < -0.4 is 5.32 Å². The van der Waals surface area contributed by atoms with Crippen LogP contribution in [-0.2, 0) is 0 Å². The molecular weight excluding hydrogens is 667 g/mol. The summed E-state index contributed by atoms with van der Waals surface area (Å²) >= 11 is 3.70. The Morgan fingerprint density at radius 3 is 1.50 bits per heavy atom. The van der Waals surface area contributed by atoms with Crippen molar-refractivity contribution in [2.75, 3.05) is 5.32 Å². The van der Waals surface area contributed by atoms with E-state index < -0.39 is 0 Å². The fourth-order valence-corrected chi connectivity index (χ4v) is 9.61. The molecule has 246 valence electrons. The number of anilines is 1. The lowest BCUT2D eigenvalue weighted by Gasteiger charge is -2.35. The summed E-state index contributed by atoms with van der Waals surface area (Å²) in [5, 5.41) is 4.00. The van der Waals surface area contributed by atoms with Crippen molar-refractivity contribution >= 4 is 40.0 Å². The molecule has 6 aromatic carbocycles. The topological polar surface area (TPSA) is 12.0 Å². The molecule has 0 bridgehead atoms. The number of fused-ring (bicyclic) bond motifs is 4. The van der Waals surface area contributed by atoms with Gasteiger partial charge in [0.15, 0.2) is 0 Å². The predicted octanol–water partition coefficient (Wildman–Crippen LogP) is 14.1. The van der Waals surface area contributed by atoms with Gasteiger partial charge in [0.1, 0.15) is 0 Å². The summed E-state index contributed by atoms with van der Waals surface area (Å²) < 4.78 is 0. The molecule has 2 aromatic heterocycles. The minimum Gasteiger partial charge on any atom is -0.374 e. The third-order valence-electron chi connectivity index (χ3n) is 10.2. The highest BCUT2D eigenvalue weighted by atomic mass is 32.1. The van der Waals surface area contributed by atoms with Crippen molar-refractivity contribution < 1.29 is 0 Å². The molecule has 0 radical (unpaired) electrons. The Morgan fingerprint density at radius 1 is 0.385 bits per heavy atom. The normalized spacial score (nSPS) is 14.3. The summed E-state index contributed by atoms with van der Waals surface area (Å²) in [5.74, 6) is 0. The van der Waals surface area contributed by atoms with Gasteiger partial charge in [0.05, 0.1) is 6.04 Å². The van der Waals surface area contributed by atoms with Crippen LogP contribution in [-0.4, -0.2) is 0 Å². The average Bonchev–Trinajstić information content (AvgIpc) is 3.93. The SMILES string of the molecule is C1=Cc2cc(-c3ccc(-c4ccccc4)s3)ccc2C2Nc3cc(-c4ccccc4)ccc3C(c3ccc(-c4ccc(-c5ccccc5)s4)cc3)=C12. The monoisotopic (exact) mass is 699 g/mol. The van der Waals surface area contributed by atoms with E-state index in [2.05, 4.69) is 193 Å². The maximum atomic E-state index is 4.00. The molecule has 1 N–H and O–H groups in total. The van der Waals surface area contributed by atoms with Crippen LogP contribution in [0.15, 0.2) is 188 Å². The van der Waals surface area contributed by atoms with Crippen molar-refractivity contribution in [2.24, 2.45) is 0 Å². The van der Waals surface area contributed by atoms with Gasteiger partial charge in [-0.3, -0.25) is 0 Å². The highest BCUT2D eigenvalue weighted by Gasteiger charge is 2.31. The molecule has 8 aromatic rings. The van der Waals surface area contributed by atoms with E-state index in [1.165, 1.54) is 86.3 Å². The third-order valence-corrected chi connectivity index (χ3v) is 12.6. The zero-order valence-corrected chi connectivity index (χ0v) is 29.9. The van der Waals surface area contributed by atoms with Crippen LogP contribution in [0.4, 0.5) is 5.69 Å². The van der Waals surface area contributed by atoms with E-state index in [4.69, 9.17) is 0 Å². The maximum Gasteiger partial charge on any atom is 0.0779 e. The van der Waals surface area contributed by atoms with Gasteiger partial charge in [0.25, 0.3) is 0 Å². The minimum absolute atomic E-state index is 0.0381. The van der Waals surface area contributed by atoms with Gasteiger partial charge in [-0.25, -0.2) is 0 Å². The van der Waals surface area contributed by atoms with Crippen LogP contribution in [0.5, 0.6) is 0 Å². The largest absolute Gasteiger partial charge is 0.374 e. The molecule has 3 heterocycles. The van der Waals surface area contributed by atoms with E-state index in [1.807, 2.05) is 22.7 Å². The summed E-state index contributed by atoms with van der Waals surface area (Å²) in [7, 11) is 0. The molecule has 1 atom stereocenters. The molecular formula is C49H33NS2. The number of thiophene rings is 2. The van der Waals surface area contributed by atoms with E-state index in [-0.39, 0.29) is 6.04 Å². The van der Waals surface area contributed by atoms with Crippen LogP contribution in [0.25, 0.3) is 64.5 Å². The second-order valence-corrected chi connectivity index (χ2v) is 15.5. The molecule has 2 aliphatic rings. The van der Waals surface area contributed by atoms with Gasteiger partial charge in [-0.2, -0.15) is 0 Å². The van der Waals surface area contributed by atoms with E-state index in [1.54, 1.807) is 0 Å². The fourth-order valence-electron chi connectivity index (χ4n) is 7.59. The Hall–Kier alpha value is -6.00. The fraction of sp³-hybridized carbons (Fsp3) is 0.0204. The van der Waals surface area contributed by atoms with Crippen LogP contribution >= 0.6 is 22.7 Å². The molecule has 10 rings (SSSR count). The van der Waals surface area contributed by atoms with E-state index in [0.29, 0.717) is 0 Å². The lowest BCUT2D eigenvalue weighted by Crippen LogP contribution is -2.22. The van der Waals surface area contributed by atoms with Crippen molar-refractivity contribution in [3.05, 3.63) is 210 Å². The Labute approximate surface area is 312 Å². The first-order valence-electron chi connectivity index (χ1n) is 17.7. The minimum atomic E-state index is 0.0381. The Bertz CT molecular complexity index is 2620. The first kappa shape index (κ1) is 30.8. The number of nitrogens with one attached hydrogen (secondary N) is 1. The van der Waals surface area contributed by atoms with Gasteiger partial charge in [-0.05, 0) is 97.6 Å². The van der Waals surface area contributed by atoms with E-state index in [0.717, 1.165) is 5.69 Å². The zero-order chi connectivity index (χ0) is 34.4. The first-order valence-corrected chi connectivity index (χ1v) is 19.3. The third kappa shape index (κ3) is 5.56. The molecule has 52 heavy (non-hydrogen) atoms. The number of rotatable bonds is 6. The van der Waals surface area contributed by atoms with Crippen molar-refractivity contribution in [3.8, 4) is 52.9 Å². The van der Waals surface area contributed by atoms with Gasteiger partial charge in [0.2, 0.25) is 0 Å². The van der Waals surface area contributed by atoms with E-state index >= 15 is 0 Å². The Kier molecular flexibility index (Phi) is 7.67. The molecule has 1 aliphatic heterocycles. The van der Waals surface area contributed by atoms with Crippen LogP contribution in [0.3, 0.4) is 0 Å². The van der Waals surface area contributed by atoms with Crippen LogP contribution in [0, 0.1) is 0 Å². The molecule has 0 saturated heterocycles. The quantitative estimate of drug-likeness (QED) is 0.182. The number of benzene rings is 6. The van der Waals surface area contributed by atoms with E-state index in [9.17, 15) is 0 Å².